The minimum absolute atomic E-state index is 0.0303. The summed E-state index contributed by atoms with van der Waals surface area (Å²) in [4.78, 5) is 23.6. The van der Waals surface area contributed by atoms with Crippen LogP contribution >= 0.6 is 0 Å². The maximum atomic E-state index is 13.2. The number of fused-ring (bicyclic) bond motifs is 1. The second-order valence-electron chi connectivity index (χ2n) is 4.77. The molecule has 0 aliphatic heterocycles. The van der Waals surface area contributed by atoms with Crippen LogP contribution in [0.4, 0.5) is 8.78 Å². The normalized spacial score (nSPS) is 11.8. The molecule has 0 unspecified atom stereocenters. The lowest BCUT2D eigenvalue weighted by Crippen LogP contribution is -2.32. The number of carboxylic acids is 1. The van der Waals surface area contributed by atoms with Crippen molar-refractivity contribution < 1.29 is 18.7 Å². The number of carbonyl (C=O) groups is 1. The second-order valence-corrected chi connectivity index (χ2v) is 4.77. The number of carboxylic acid groups (broad SMARTS) is 1. The molecule has 1 aromatic carbocycles. The molecule has 0 saturated heterocycles. The number of hydrogen-bond donors (Lipinski definition) is 1. The van der Waals surface area contributed by atoms with Crippen molar-refractivity contribution in [2.75, 3.05) is 0 Å². The number of benzene rings is 1. The molecule has 0 aliphatic rings. The summed E-state index contributed by atoms with van der Waals surface area (Å²) in [5.74, 6) is -4.35. The summed E-state index contributed by atoms with van der Waals surface area (Å²) < 4.78 is 27.2. The van der Waals surface area contributed by atoms with Gasteiger partial charge in [-0.15, -0.1) is 0 Å². The summed E-state index contributed by atoms with van der Waals surface area (Å²) in [6.45, 7) is 1.21. The summed E-state index contributed by atoms with van der Waals surface area (Å²) in [5, 5.41) is 9.66. The van der Waals surface area contributed by atoms with Gasteiger partial charge in [-0.3, -0.25) is 4.79 Å². The molecule has 0 spiro atoms. The predicted octanol–water partition coefficient (Wildman–Crippen LogP) is 2.66. The Hall–Kier alpha value is -2.24. The van der Waals surface area contributed by atoms with Gasteiger partial charge in [0.1, 0.15) is 0 Å². The maximum absolute atomic E-state index is 13.2. The fraction of sp³-hybridized carbons (Fsp3) is 0.286. The SMILES string of the molecule is Cc1c(C(=O)O)c2ccccc2c(=O)n1CC(C)(F)F. The average Bonchev–Trinajstić information content (AvgIpc) is 2.33. The van der Waals surface area contributed by atoms with Crippen LogP contribution in [-0.2, 0) is 6.54 Å². The standard InChI is InChI=1S/C14H13F2NO3/c1-8-11(13(19)20)9-5-3-4-6-10(9)12(18)17(8)7-14(2,15)16/h3-6H,7H2,1-2H3,(H,19,20). The summed E-state index contributed by atoms with van der Waals surface area (Å²) in [6.07, 6.45) is 0. The Morgan fingerprint density at radius 2 is 1.85 bits per heavy atom. The van der Waals surface area contributed by atoms with Gasteiger partial charge in [0.2, 0.25) is 0 Å². The Balaban J connectivity index is 2.90. The van der Waals surface area contributed by atoms with Crippen LogP contribution in [0.25, 0.3) is 10.8 Å². The molecule has 0 amide bonds. The lowest BCUT2D eigenvalue weighted by molar-refractivity contribution is 0.00238. The van der Waals surface area contributed by atoms with Crippen molar-refractivity contribution in [3.63, 3.8) is 0 Å². The topological polar surface area (TPSA) is 59.3 Å². The Morgan fingerprint density at radius 3 is 2.35 bits per heavy atom. The lowest BCUT2D eigenvalue weighted by atomic mass is 10.0. The zero-order valence-corrected chi connectivity index (χ0v) is 11.0. The van der Waals surface area contributed by atoms with E-state index in [1.54, 1.807) is 12.1 Å². The molecule has 2 aromatic rings. The van der Waals surface area contributed by atoms with Crippen molar-refractivity contribution in [3.05, 3.63) is 45.9 Å². The number of alkyl halides is 2. The van der Waals surface area contributed by atoms with Crippen molar-refractivity contribution in [1.82, 2.24) is 4.57 Å². The number of rotatable bonds is 3. The van der Waals surface area contributed by atoms with E-state index in [9.17, 15) is 23.5 Å². The van der Waals surface area contributed by atoms with Crippen LogP contribution in [0.3, 0.4) is 0 Å². The first-order chi connectivity index (χ1) is 9.22. The molecule has 106 valence electrons. The van der Waals surface area contributed by atoms with Crippen molar-refractivity contribution in [2.24, 2.45) is 0 Å². The number of pyridine rings is 1. The fourth-order valence-corrected chi connectivity index (χ4v) is 2.25. The Morgan fingerprint density at radius 1 is 1.30 bits per heavy atom. The fourth-order valence-electron chi connectivity index (χ4n) is 2.25. The maximum Gasteiger partial charge on any atom is 0.338 e. The summed E-state index contributed by atoms with van der Waals surface area (Å²) in [6, 6.07) is 6.11. The van der Waals surface area contributed by atoms with Gasteiger partial charge < -0.3 is 9.67 Å². The number of hydrogen-bond acceptors (Lipinski definition) is 2. The van der Waals surface area contributed by atoms with E-state index in [0.29, 0.717) is 6.92 Å². The molecular weight excluding hydrogens is 268 g/mol. The monoisotopic (exact) mass is 281 g/mol. The molecule has 1 aromatic heterocycles. The van der Waals surface area contributed by atoms with Crippen LogP contribution < -0.4 is 5.56 Å². The van der Waals surface area contributed by atoms with Crippen LogP contribution in [0, 0.1) is 6.92 Å². The first-order valence-corrected chi connectivity index (χ1v) is 5.95. The van der Waals surface area contributed by atoms with E-state index in [4.69, 9.17) is 0 Å². The van der Waals surface area contributed by atoms with E-state index in [1.807, 2.05) is 0 Å². The van der Waals surface area contributed by atoms with Crippen molar-refractivity contribution >= 4 is 16.7 Å². The molecule has 0 saturated carbocycles. The highest BCUT2D eigenvalue weighted by Crippen LogP contribution is 2.22. The van der Waals surface area contributed by atoms with Crippen LogP contribution in [0.5, 0.6) is 0 Å². The highest BCUT2D eigenvalue weighted by molar-refractivity contribution is 6.04. The first-order valence-electron chi connectivity index (χ1n) is 5.95. The Bertz CT molecular complexity index is 744. The third-order valence-corrected chi connectivity index (χ3v) is 3.09. The van der Waals surface area contributed by atoms with Gasteiger partial charge in [-0.25, -0.2) is 13.6 Å². The number of halogens is 2. The van der Waals surface area contributed by atoms with Gasteiger partial charge in [0.25, 0.3) is 11.5 Å². The molecule has 1 heterocycles. The third-order valence-electron chi connectivity index (χ3n) is 3.09. The average molecular weight is 281 g/mol. The summed E-state index contributed by atoms with van der Waals surface area (Å²) in [7, 11) is 0. The van der Waals surface area contributed by atoms with Crippen molar-refractivity contribution in [1.29, 1.82) is 0 Å². The molecule has 20 heavy (non-hydrogen) atoms. The van der Waals surface area contributed by atoms with Crippen LogP contribution in [0.1, 0.15) is 23.0 Å². The zero-order chi connectivity index (χ0) is 15.1. The quantitative estimate of drug-likeness (QED) is 0.941. The molecular formula is C14H13F2NO3. The van der Waals surface area contributed by atoms with Crippen LogP contribution in [0.15, 0.2) is 29.1 Å². The molecule has 2 rings (SSSR count). The summed E-state index contributed by atoms with van der Waals surface area (Å²) in [5.41, 5.74) is -0.697. The van der Waals surface area contributed by atoms with Gasteiger partial charge in [0, 0.05) is 23.4 Å². The summed E-state index contributed by atoms with van der Waals surface area (Å²) >= 11 is 0. The van der Waals surface area contributed by atoms with Crippen LogP contribution in [0.2, 0.25) is 0 Å². The molecule has 0 radical (unpaired) electrons. The zero-order valence-electron chi connectivity index (χ0n) is 11.0. The van der Waals surface area contributed by atoms with Gasteiger partial charge in [-0.2, -0.15) is 0 Å². The van der Waals surface area contributed by atoms with Crippen molar-refractivity contribution in [2.45, 2.75) is 26.3 Å². The van der Waals surface area contributed by atoms with E-state index in [2.05, 4.69) is 0 Å². The predicted molar refractivity (Wildman–Crippen MR) is 70.5 cm³/mol. The number of aromatic nitrogens is 1. The minimum atomic E-state index is -3.10. The highest BCUT2D eigenvalue weighted by Gasteiger charge is 2.26. The molecule has 4 nitrogen and oxygen atoms in total. The third kappa shape index (κ3) is 2.41. The number of nitrogens with zero attached hydrogens (tertiary/aromatic N) is 1. The Kier molecular flexibility index (Phi) is 3.33. The molecule has 0 atom stereocenters. The van der Waals surface area contributed by atoms with Gasteiger partial charge in [0.15, 0.2) is 0 Å². The van der Waals surface area contributed by atoms with E-state index in [0.717, 1.165) is 4.57 Å². The Labute approximate surface area is 113 Å². The van der Waals surface area contributed by atoms with E-state index in [1.165, 1.54) is 19.1 Å². The molecule has 0 aliphatic carbocycles. The molecule has 0 bridgehead atoms. The van der Waals surface area contributed by atoms with Crippen LogP contribution in [-0.4, -0.2) is 21.6 Å². The van der Waals surface area contributed by atoms with Crippen molar-refractivity contribution in [3.8, 4) is 0 Å². The second kappa shape index (κ2) is 4.70. The van der Waals surface area contributed by atoms with E-state index < -0.39 is 24.0 Å². The minimum Gasteiger partial charge on any atom is -0.478 e. The van der Waals surface area contributed by atoms with Gasteiger partial charge in [-0.05, 0) is 13.0 Å². The molecule has 6 heteroatoms. The van der Waals surface area contributed by atoms with E-state index >= 15 is 0 Å². The number of aromatic carboxylic acids is 1. The first kappa shape index (κ1) is 14.2. The molecule has 1 N–H and O–H groups in total. The van der Waals surface area contributed by atoms with Gasteiger partial charge in [-0.1, -0.05) is 18.2 Å². The van der Waals surface area contributed by atoms with E-state index in [-0.39, 0.29) is 22.0 Å². The lowest BCUT2D eigenvalue weighted by Gasteiger charge is -2.18. The van der Waals surface area contributed by atoms with Gasteiger partial charge in [0.05, 0.1) is 12.1 Å². The highest BCUT2D eigenvalue weighted by atomic mass is 19.3. The van der Waals surface area contributed by atoms with Gasteiger partial charge >= 0.3 is 5.97 Å². The largest absolute Gasteiger partial charge is 0.478 e. The smallest absolute Gasteiger partial charge is 0.338 e. The molecule has 0 fully saturated rings.